The molecule has 2 aromatic carbocycles. The SMILES string of the molecule is Cc1ccccc1NC(=O)CCNS(=O)(=O)c1ccc(C)c(N(C)S(C)(=O)=O)c1C. The van der Waals surface area contributed by atoms with Crippen molar-refractivity contribution in [1.29, 1.82) is 0 Å². The lowest BCUT2D eigenvalue weighted by molar-refractivity contribution is -0.116. The predicted octanol–water partition coefficient (Wildman–Crippen LogP) is 2.31. The second-order valence-electron chi connectivity index (χ2n) is 7.10. The van der Waals surface area contributed by atoms with Crippen molar-refractivity contribution >= 4 is 37.3 Å². The number of nitrogens with one attached hydrogen (secondary N) is 2. The van der Waals surface area contributed by atoms with Crippen molar-refractivity contribution in [2.45, 2.75) is 32.1 Å². The van der Waals surface area contributed by atoms with Crippen LogP contribution in [0, 0.1) is 20.8 Å². The molecule has 0 spiro atoms. The average molecular weight is 454 g/mol. The van der Waals surface area contributed by atoms with Crippen molar-refractivity contribution in [3.05, 3.63) is 53.1 Å². The average Bonchev–Trinajstić information content (AvgIpc) is 2.62. The number of carbonyl (C=O) groups is 1. The number of sulfonamides is 2. The summed E-state index contributed by atoms with van der Waals surface area (Å²) in [5.41, 5.74) is 2.85. The van der Waals surface area contributed by atoms with E-state index < -0.39 is 20.0 Å². The Morgan fingerprint density at radius 2 is 1.60 bits per heavy atom. The van der Waals surface area contributed by atoms with Crippen molar-refractivity contribution < 1.29 is 21.6 Å². The summed E-state index contributed by atoms with van der Waals surface area (Å²) in [6.07, 6.45) is 1.01. The van der Waals surface area contributed by atoms with E-state index in [0.717, 1.165) is 16.1 Å². The van der Waals surface area contributed by atoms with Crippen LogP contribution in [0.5, 0.6) is 0 Å². The minimum absolute atomic E-state index is 0.0297. The highest BCUT2D eigenvalue weighted by atomic mass is 32.2. The van der Waals surface area contributed by atoms with E-state index in [4.69, 9.17) is 0 Å². The van der Waals surface area contributed by atoms with Crippen molar-refractivity contribution in [2.75, 3.05) is 29.5 Å². The van der Waals surface area contributed by atoms with Gasteiger partial charge in [-0.25, -0.2) is 21.6 Å². The molecule has 10 heteroatoms. The fourth-order valence-corrected chi connectivity index (χ4v) is 4.95. The largest absolute Gasteiger partial charge is 0.326 e. The summed E-state index contributed by atoms with van der Waals surface area (Å²) in [5.74, 6) is -0.315. The van der Waals surface area contributed by atoms with Gasteiger partial charge < -0.3 is 5.32 Å². The number of carbonyl (C=O) groups excluding carboxylic acids is 1. The molecular formula is C20H27N3O5S2. The molecule has 0 saturated carbocycles. The van der Waals surface area contributed by atoms with E-state index in [2.05, 4.69) is 10.0 Å². The summed E-state index contributed by atoms with van der Waals surface area (Å²) in [7, 11) is -6.12. The van der Waals surface area contributed by atoms with Gasteiger partial charge in [-0.1, -0.05) is 24.3 Å². The third-order valence-electron chi connectivity index (χ3n) is 4.75. The first-order valence-electron chi connectivity index (χ1n) is 9.24. The highest BCUT2D eigenvalue weighted by molar-refractivity contribution is 7.92. The van der Waals surface area contributed by atoms with Gasteiger partial charge in [0.2, 0.25) is 26.0 Å². The molecule has 30 heavy (non-hydrogen) atoms. The number of anilines is 2. The number of nitrogens with zero attached hydrogens (tertiary/aromatic N) is 1. The van der Waals surface area contributed by atoms with Gasteiger partial charge >= 0.3 is 0 Å². The van der Waals surface area contributed by atoms with Crippen molar-refractivity contribution in [3.8, 4) is 0 Å². The van der Waals surface area contributed by atoms with Gasteiger partial charge in [0.15, 0.2) is 0 Å². The molecule has 0 heterocycles. The topological polar surface area (TPSA) is 113 Å². The van der Waals surface area contributed by atoms with Gasteiger partial charge in [0, 0.05) is 25.7 Å². The van der Waals surface area contributed by atoms with E-state index in [1.807, 2.05) is 19.1 Å². The third kappa shape index (κ3) is 5.59. The smallest absolute Gasteiger partial charge is 0.240 e. The first-order valence-corrected chi connectivity index (χ1v) is 12.6. The van der Waals surface area contributed by atoms with Crippen LogP contribution in [0.15, 0.2) is 41.3 Å². The van der Waals surface area contributed by atoms with Gasteiger partial charge in [-0.05, 0) is 49.6 Å². The van der Waals surface area contributed by atoms with Crippen LogP contribution >= 0.6 is 0 Å². The third-order valence-corrected chi connectivity index (χ3v) is 7.53. The molecule has 0 bridgehead atoms. The van der Waals surface area contributed by atoms with Gasteiger partial charge in [0.1, 0.15) is 0 Å². The number of amides is 1. The molecule has 2 rings (SSSR count). The Labute approximate surface area is 178 Å². The normalized spacial score (nSPS) is 11.9. The van der Waals surface area contributed by atoms with Gasteiger partial charge in [-0.2, -0.15) is 0 Å². The Balaban J connectivity index is 2.14. The van der Waals surface area contributed by atoms with Crippen LogP contribution < -0.4 is 14.3 Å². The van der Waals surface area contributed by atoms with Crippen LogP contribution in [0.3, 0.4) is 0 Å². The molecule has 0 aliphatic heterocycles. The fourth-order valence-electron chi connectivity index (χ4n) is 3.06. The number of rotatable bonds is 8. The Morgan fingerprint density at radius 3 is 2.20 bits per heavy atom. The van der Waals surface area contributed by atoms with Crippen LogP contribution in [0.2, 0.25) is 0 Å². The highest BCUT2D eigenvalue weighted by Crippen LogP contribution is 2.30. The summed E-state index contributed by atoms with van der Waals surface area (Å²) in [6, 6.07) is 10.3. The summed E-state index contributed by atoms with van der Waals surface area (Å²) >= 11 is 0. The zero-order chi connectivity index (χ0) is 22.7. The minimum atomic E-state index is -3.94. The van der Waals surface area contributed by atoms with Crippen LogP contribution in [-0.4, -0.2) is 42.6 Å². The summed E-state index contributed by atoms with van der Waals surface area (Å²) in [5, 5.41) is 2.75. The second-order valence-corrected chi connectivity index (χ2v) is 10.8. The molecule has 2 aromatic rings. The number of para-hydroxylation sites is 1. The lowest BCUT2D eigenvalue weighted by atomic mass is 10.1. The highest BCUT2D eigenvalue weighted by Gasteiger charge is 2.24. The molecule has 0 atom stereocenters. The summed E-state index contributed by atoms with van der Waals surface area (Å²) in [4.78, 5) is 12.1. The zero-order valence-electron chi connectivity index (χ0n) is 17.7. The van der Waals surface area contributed by atoms with Crippen molar-refractivity contribution in [1.82, 2.24) is 4.72 Å². The molecule has 1 amide bonds. The van der Waals surface area contributed by atoms with E-state index in [0.29, 0.717) is 22.5 Å². The fraction of sp³-hybridized carbons (Fsp3) is 0.350. The maximum Gasteiger partial charge on any atom is 0.240 e. The molecule has 0 aromatic heterocycles. The van der Waals surface area contributed by atoms with Crippen molar-refractivity contribution in [2.24, 2.45) is 0 Å². The number of benzene rings is 2. The lowest BCUT2D eigenvalue weighted by Gasteiger charge is -2.23. The molecule has 0 aliphatic carbocycles. The lowest BCUT2D eigenvalue weighted by Crippen LogP contribution is -2.30. The molecule has 0 aliphatic rings. The number of hydrogen-bond donors (Lipinski definition) is 2. The van der Waals surface area contributed by atoms with Gasteiger partial charge in [-0.15, -0.1) is 0 Å². The molecule has 0 unspecified atom stereocenters. The van der Waals surface area contributed by atoms with E-state index >= 15 is 0 Å². The van der Waals surface area contributed by atoms with E-state index in [-0.39, 0.29) is 23.8 Å². The molecule has 0 saturated heterocycles. The van der Waals surface area contributed by atoms with E-state index in [9.17, 15) is 21.6 Å². The first kappa shape index (κ1) is 23.8. The predicted molar refractivity (Wildman–Crippen MR) is 119 cm³/mol. The minimum Gasteiger partial charge on any atom is -0.326 e. The molecular weight excluding hydrogens is 426 g/mol. The Hall–Kier alpha value is -2.43. The van der Waals surface area contributed by atoms with Gasteiger partial charge in [0.25, 0.3) is 0 Å². The number of hydrogen-bond acceptors (Lipinski definition) is 5. The van der Waals surface area contributed by atoms with Crippen LogP contribution in [0.25, 0.3) is 0 Å². The molecule has 164 valence electrons. The van der Waals surface area contributed by atoms with Crippen LogP contribution in [0.4, 0.5) is 11.4 Å². The number of aryl methyl sites for hydroxylation is 2. The maximum absolute atomic E-state index is 12.8. The standard InChI is InChI=1S/C20H27N3O5S2/c1-14-8-6-7-9-17(14)22-19(24)12-13-21-30(27,28)18-11-10-15(2)20(16(18)3)23(4)29(5,25)26/h6-11,21H,12-13H2,1-5H3,(H,22,24). The summed E-state index contributed by atoms with van der Waals surface area (Å²) < 4.78 is 52.9. The Morgan fingerprint density at radius 1 is 0.967 bits per heavy atom. The summed E-state index contributed by atoms with van der Waals surface area (Å²) in [6.45, 7) is 5.04. The second kappa shape index (κ2) is 9.15. The maximum atomic E-state index is 12.8. The zero-order valence-corrected chi connectivity index (χ0v) is 19.3. The van der Waals surface area contributed by atoms with Gasteiger partial charge in [-0.3, -0.25) is 9.10 Å². The van der Waals surface area contributed by atoms with Crippen molar-refractivity contribution in [3.63, 3.8) is 0 Å². The Kier molecular flexibility index (Phi) is 7.27. The monoisotopic (exact) mass is 453 g/mol. The van der Waals surface area contributed by atoms with E-state index in [1.165, 1.54) is 13.1 Å². The molecule has 2 N–H and O–H groups in total. The van der Waals surface area contributed by atoms with Crippen LogP contribution in [0.1, 0.15) is 23.1 Å². The van der Waals surface area contributed by atoms with E-state index in [1.54, 1.807) is 32.0 Å². The molecule has 0 fully saturated rings. The Bertz CT molecular complexity index is 1160. The van der Waals surface area contributed by atoms with Gasteiger partial charge in [0.05, 0.1) is 16.8 Å². The molecule has 0 radical (unpaired) electrons. The first-order chi connectivity index (χ1) is 13.8. The molecule has 8 nitrogen and oxygen atoms in total. The quantitative estimate of drug-likeness (QED) is 0.637. The van der Waals surface area contributed by atoms with Crippen LogP contribution in [-0.2, 0) is 24.8 Å².